The summed E-state index contributed by atoms with van der Waals surface area (Å²) >= 11 is 8.95. The van der Waals surface area contributed by atoms with Crippen LogP contribution in [0.25, 0.3) is 0 Å². The van der Waals surface area contributed by atoms with Gasteiger partial charge in [0.25, 0.3) is 0 Å². The van der Waals surface area contributed by atoms with Crippen LogP contribution in [-0.4, -0.2) is 31.7 Å². The summed E-state index contributed by atoms with van der Waals surface area (Å²) in [4.78, 5) is 32.2. The van der Waals surface area contributed by atoms with E-state index in [0.717, 1.165) is 11.4 Å². The van der Waals surface area contributed by atoms with Crippen LogP contribution in [0, 0.1) is 0 Å². The van der Waals surface area contributed by atoms with Crippen LogP contribution < -0.4 is 10.6 Å². The Balaban J connectivity index is 1.49. The highest BCUT2D eigenvalue weighted by atomic mass is 35.5. The Morgan fingerprint density at radius 1 is 1.18 bits per heavy atom. The van der Waals surface area contributed by atoms with Gasteiger partial charge in [-0.1, -0.05) is 29.8 Å². The van der Waals surface area contributed by atoms with E-state index in [2.05, 4.69) is 15.7 Å². The number of benzene rings is 1. The van der Waals surface area contributed by atoms with Crippen molar-refractivity contribution in [1.29, 1.82) is 0 Å². The van der Waals surface area contributed by atoms with Crippen LogP contribution in [0.3, 0.4) is 0 Å². The monoisotopic (exact) mass is 509 g/mol. The quantitative estimate of drug-likeness (QED) is 0.364. The molecule has 0 spiro atoms. The zero-order valence-corrected chi connectivity index (χ0v) is 20.5. The number of ketones is 1. The maximum atomic E-state index is 13.4. The van der Waals surface area contributed by atoms with E-state index in [9.17, 15) is 9.59 Å². The molecule has 0 bridgehead atoms. The lowest BCUT2D eigenvalue weighted by Crippen LogP contribution is -2.58. The van der Waals surface area contributed by atoms with Crippen LogP contribution >= 0.6 is 34.7 Å². The Morgan fingerprint density at radius 2 is 2.03 bits per heavy atom. The van der Waals surface area contributed by atoms with E-state index >= 15 is 0 Å². The molecule has 2 unspecified atom stereocenters. The average molecular weight is 510 g/mol. The molecule has 4 heterocycles. The van der Waals surface area contributed by atoms with E-state index in [0.29, 0.717) is 21.4 Å². The fourth-order valence-corrected chi connectivity index (χ4v) is 5.93. The summed E-state index contributed by atoms with van der Waals surface area (Å²) in [5.74, 6) is 0.824. The molecule has 0 radical (unpaired) electrons. The Morgan fingerprint density at radius 3 is 2.74 bits per heavy atom. The zero-order chi connectivity index (χ0) is 23.7. The Kier molecular flexibility index (Phi) is 6.16. The van der Waals surface area contributed by atoms with Gasteiger partial charge >= 0.3 is 0 Å². The number of hydrogen-bond acceptors (Lipinski definition) is 7. The molecule has 1 aliphatic heterocycles. The highest BCUT2D eigenvalue weighted by Gasteiger charge is 2.48. The van der Waals surface area contributed by atoms with Gasteiger partial charge in [-0.05, 0) is 46.7 Å². The third kappa shape index (κ3) is 4.22. The van der Waals surface area contributed by atoms with E-state index in [1.165, 1.54) is 23.1 Å². The fourth-order valence-electron chi connectivity index (χ4n) is 3.96. The first-order chi connectivity index (χ1) is 16.5. The first-order valence-electron chi connectivity index (χ1n) is 10.5. The van der Waals surface area contributed by atoms with Crippen molar-refractivity contribution in [3.63, 3.8) is 0 Å². The first-order valence-corrected chi connectivity index (χ1v) is 12.7. The second-order valence-electron chi connectivity index (χ2n) is 7.85. The summed E-state index contributed by atoms with van der Waals surface area (Å²) in [5.41, 5.74) is 0.349. The number of nitrogens with one attached hydrogen (secondary N) is 2. The summed E-state index contributed by atoms with van der Waals surface area (Å²) < 4.78 is 1.70. The van der Waals surface area contributed by atoms with Crippen molar-refractivity contribution in [1.82, 2.24) is 20.1 Å². The molecule has 172 valence electrons. The standard InChI is InChI=1S/C24H20ClN5O2S2/c1-30-21(9-11-26-30)28-20-8-4-7-19(27-20)24(15-10-12-33-14-15)13-17(31)22(23(32)29-24)34-18-6-3-2-5-16(18)25/h2-12,14,22H,13H2,1H3,(H,27,28)(H,29,32). The number of amides is 1. The minimum atomic E-state index is -1.06. The van der Waals surface area contributed by atoms with Gasteiger partial charge in [-0.2, -0.15) is 16.4 Å². The molecule has 0 aliphatic carbocycles. The van der Waals surface area contributed by atoms with Gasteiger partial charge in [0.2, 0.25) is 5.91 Å². The lowest BCUT2D eigenvalue weighted by atomic mass is 9.79. The van der Waals surface area contributed by atoms with Crippen molar-refractivity contribution in [3.05, 3.63) is 87.8 Å². The number of Topliss-reactive ketones (excluding diaryl/α,β-unsaturated/α-hetero) is 1. The summed E-state index contributed by atoms with van der Waals surface area (Å²) in [6.07, 6.45) is 1.77. The molecule has 7 nitrogen and oxygen atoms in total. The molecule has 0 saturated carbocycles. The van der Waals surface area contributed by atoms with Crippen LogP contribution in [0.5, 0.6) is 0 Å². The Bertz CT molecular complexity index is 1340. The summed E-state index contributed by atoms with van der Waals surface area (Å²) in [5, 5.41) is 14.0. The van der Waals surface area contributed by atoms with Gasteiger partial charge in [0.1, 0.15) is 22.4 Å². The molecule has 1 fully saturated rings. The van der Waals surface area contributed by atoms with Crippen molar-refractivity contribution in [2.75, 3.05) is 5.32 Å². The number of halogens is 1. The highest BCUT2D eigenvalue weighted by Crippen LogP contribution is 2.41. The number of aromatic nitrogens is 3. The predicted octanol–water partition coefficient (Wildman–Crippen LogP) is 4.77. The number of aryl methyl sites for hydroxylation is 1. The molecule has 3 aromatic heterocycles. The number of hydrogen-bond donors (Lipinski definition) is 2. The minimum Gasteiger partial charge on any atom is -0.339 e. The Labute approximate surface area is 209 Å². The number of thioether (sulfide) groups is 1. The smallest absolute Gasteiger partial charge is 0.242 e. The van der Waals surface area contributed by atoms with Crippen molar-refractivity contribution >= 4 is 58.0 Å². The third-order valence-electron chi connectivity index (χ3n) is 5.67. The van der Waals surface area contributed by atoms with Crippen LogP contribution in [-0.2, 0) is 22.2 Å². The summed E-state index contributed by atoms with van der Waals surface area (Å²) in [6.45, 7) is 0. The molecule has 1 aromatic carbocycles. The van der Waals surface area contributed by atoms with Gasteiger partial charge in [-0.15, -0.1) is 11.8 Å². The molecule has 4 aromatic rings. The predicted molar refractivity (Wildman–Crippen MR) is 135 cm³/mol. The fraction of sp³-hybridized carbons (Fsp3) is 0.167. The van der Waals surface area contributed by atoms with Gasteiger partial charge in [-0.3, -0.25) is 14.3 Å². The van der Waals surface area contributed by atoms with Crippen LogP contribution in [0.4, 0.5) is 11.6 Å². The van der Waals surface area contributed by atoms with E-state index < -0.39 is 10.8 Å². The topological polar surface area (TPSA) is 88.9 Å². The molecule has 5 rings (SSSR count). The number of carbonyl (C=O) groups is 2. The molecular weight excluding hydrogens is 490 g/mol. The van der Waals surface area contributed by atoms with Gasteiger partial charge < -0.3 is 10.6 Å². The molecule has 2 atom stereocenters. The van der Waals surface area contributed by atoms with Gasteiger partial charge in [0.15, 0.2) is 5.78 Å². The summed E-state index contributed by atoms with van der Waals surface area (Å²) in [6, 6.07) is 16.5. The third-order valence-corrected chi connectivity index (χ3v) is 8.11. The second kappa shape index (κ2) is 9.25. The maximum Gasteiger partial charge on any atom is 0.242 e. The number of piperidine rings is 1. The van der Waals surface area contributed by atoms with Crippen molar-refractivity contribution in [2.24, 2.45) is 7.05 Å². The molecule has 34 heavy (non-hydrogen) atoms. The van der Waals surface area contributed by atoms with Gasteiger partial charge in [0, 0.05) is 24.4 Å². The molecule has 1 saturated heterocycles. The van der Waals surface area contributed by atoms with Crippen LogP contribution in [0.1, 0.15) is 17.7 Å². The zero-order valence-electron chi connectivity index (χ0n) is 18.1. The number of rotatable bonds is 6. The Hall–Kier alpha value is -3.14. The summed E-state index contributed by atoms with van der Waals surface area (Å²) in [7, 11) is 1.83. The molecule has 1 aliphatic rings. The number of anilines is 2. The second-order valence-corrected chi connectivity index (χ2v) is 10.2. The van der Waals surface area contributed by atoms with Crippen molar-refractivity contribution in [2.45, 2.75) is 22.1 Å². The SMILES string of the molecule is Cn1nccc1Nc1cccc(C2(c3ccsc3)CC(=O)C(Sc3ccccc3Cl)C(=O)N2)n1. The first kappa shape index (κ1) is 22.6. The molecule has 2 N–H and O–H groups in total. The number of pyridine rings is 1. The van der Waals surface area contributed by atoms with E-state index in [4.69, 9.17) is 16.6 Å². The van der Waals surface area contributed by atoms with E-state index in [1.807, 2.05) is 66.3 Å². The molecule has 10 heteroatoms. The van der Waals surface area contributed by atoms with Gasteiger partial charge in [-0.25, -0.2) is 4.98 Å². The molecule has 1 amide bonds. The molecular formula is C24H20ClN5O2S2. The van der Waals surface area contributed by atoms with Crippen LogP contribution in [0.15, 0.2) is 76.4 Å². The lowest BCUT2D eigenvalue weighted by Gasteiger charge is -2.39. The number of thiophene rings is 1. The highest BCUT2D eigenvalue weighted by molar-refractivity contribution is 8.01. The van der Waals surface area contributed by atoms with Crippen molar-refractivity contribution < 1.29 is 9.59 Å². The van der Waals surface area contributed by atoms with E-state index in [1.54, 1.807) is 16.9 Å². The average Bonchev–Trinajstić information content (AvgIpc) is 3.50. The van der Waals surface area contributed by atoms with Crippen LogP contribution in [0.2, 0.25) is 5.02 Å². The van der Waals surface area contributed by atoms with Gasteiger partial charge in [0.05, 0.1) is 16.9 Å². The van der Waals surface area contributed by atoms with Crippen molar-refractivity contribution in [3.8, 4) is 0 Å². The maximum absolute atomic E-state index is 13.4. The largest absolute Gasteiger partial charge is 0.339 e. The normalized spacial score (nSPS) is 20.2. The number of carbonyl (C=O) groups excluding carboxylic acids is 2. The number of nitrogens with zero attached hydrogens (tertiary/aromatic N) is 3. The van der Waals surface area contributed by atoms with E-state index in [-0.39, 0.29) is 18.1 Å². The lowest BCUT2D eigenvalue weighted by molar-refractivity contribution is -0.133. The minimum absolute atomic E-state index is 0.0831.